The molecule has 49 heavy (non-hydrogen) atoms. The molecule has 0 saturated carbocycles. The van der Waals surface area contributed by atoms with E-state index in [4.69, 9.17) is 15.0 Å². The molecule has 2 aromatic heterocycles. The first kappa shape index (κ1) is 27.5. The third kappa shape index (κ3) is 4.35. The van der Waals surface area contributed by atoms with Crippen molar-refractivity contribution in [2.75, 3.05) is 0 Å². The lowest BCUT2D eigenvalue weighted by Crippen LogP contribution is -2.00. The van der Waals surface area contributed by atoms with Crippen LogP contribution >= 0.6 is 0 Å². The van der Waals surface area contributed by atoms with E-state index in [-0.39, 0.29) is 0 Å². The molecule has 8 aromatic carbocycles. The first-order valence-corrected chi connectivity index (χ1v) is 16.5. The molecule has 4 heteroatoms. The predicted molar refractivity (Wildman–Crippen MR) is 203 cm³/mol. The van der Waals surface area contributed by atoms with Gasteiger partial charge in [0.2, 0.25) is 0 Å². The van der Waals surface area contributed by atoms with Gasteiger partial charge in [0.05, 0.1) is 11.0 Å². The summed E-state index contributed by atoms with van der Waals surface area (Å²) in [5.74, 6) is 1.94. The summed E-state index contributed by atoms with van der Waals surface area (Å²) in [6, 6.07) is 59.7. The zero-order valence-corrected chi connectivity index (χ0v) is 26.5. The van der Waals surface area contributed by atoms with Gasteiger partial charge in [0.25, 0.3) is 0 Å². The number of aromatic nitrogens is 4. The zero-order valence-electron chi connectivity index (χ0n) is 26.5. The second kappa shape index (κ2) is 11.0. The highest BCUT2D eigenvalue weighted by Crippen LogP contribution is 2.40. The van der Waals surface area contributed by atoms with Crippen LogP contribution in [0.2, 0.25) is 0 Å². The maximum absolute atomic E-state index is 5.26. The van der Waals surface area contributed by atoms with Crippen LogP contribution in [-0.2, 0) is 0 Å². The average molecular weight is 625 g/mol. The molecule has 0 spiro atoms. The summed E-state index contributed by atoms with van der Waals surface area (Å²) in [7, 11) is 0. The largest absolute Gasteiger partial charge is 0.309 e. The first-order chi connectivity index (χ1) is 24.3. The minimum Gasteiger partial charge on any atom is -0.309 e. The molecule has 0 N–H and O–H groups in total. The zero-order chi connectivity index (χ0) is 32.3. The van der Waals surface area contributed by atoms with Gasteiger partial charge < -0.3 is 4.57 Å². The van der Waals surface area contributed by atoms with Crippen LogP contribution in [0.15, 0.2) is 170 Å². The Kier molecular flexibility index (Phi) is 6.15. The van der Waals surface area contributed by atoms with E-state index in [0.29, 0.717) is 17.5 Å². The summed E-state index contributed by atoms with van der Waals surface area (Å²) < 4.78 is 2.33. The normalized spacial score (nSPS) is 11.7. The fourth-order valence-electron chi connectivity index (χ4n) is 7.45. The van der Waals surface area contributed by atoms with Crippen LogP contribution in [0.5, 0.6) is 0 Å². The highest BCUT2D eigenvalue weighted by molar-refractivity contribution is 6.25. The van der Waals surface area contributed by atoms with Crippen LogP contribution in [0.25, 0.3) is 94.0 Å². The second-order valence-electron chi connectivity index (χ2n) is 12.4. The maximum Gasteiger partial charge on any atom is 0.164 e. The molecule has 0 radical (unpaired) electrons. The van der Waals surface area contributed by atoms with Crippen molar-refractivity contribution in [3.8, 4) is 39.9 Å². The number of hydrogen-bond acceptors (Lipinski definition) is 3. The number of para-hydroxylation sites is 2. The van der Waals surface area contributed by atoms with Gasteiger partial charge in [-0.15, -0.1) is 0 Å². The van der Waals surface area contributed by atoms with E-state index in [0.717, 1.165) is 44.2 Å². The molecule has 0 bridgehead atoms. The van der Waals surface area contributed by atoms with Crippen molar-refractivity contribution >= 4 is 54.1 Å². The van der Waals surface area contributed by atoms with Crippen molar-refractivity contribution in [2.24, 2.45) is 0 Å². The highest BCUT2D eigenvalue weighted by Gasteiger charge is 2.20. The van der Waals surface area contributed by atoms with Crippen LogP contribution in [-0.4, -0.2) is 19.5 Å². The highest BCUT2D eigenvalue weighted by atomic mass is 15.0. The van der Waals surface area contributed by atoms with Crippen molar-refractivity contribution in [3.63, 3.8) is 0 Å². The number of benzene rings is 8. The Morgan fingerprint density at radius 2 is 0.837 bits per heavy atom. The van der Waals surface area contributed by atoms with Crippen molar-refractivity contribution in [1.82, 2.24) is 19.5 Å². The van der Waals surface area contributed by atoms with Crippen LogP contribution in [0.1, 0.15) is 0 Å². The lowest BCUT2D eigenvalue weighted by Gasteiger charge is -2.13. The van der Waals surface area contributed by atoms with E-state index in [1.54, 1.807) is 0 Å². The molecule has 0 amide bonds. The molecule has 10 aromatic rings. The maximum atomic E-state index is 5.26. The van der Waals surface area contributed by atoms with Crippen molar-refractivity contribution in [1.29, 1.82) is 0 Å². The number of nitrogens with zero attached hydrogens (tertiary/aromatic N) is 4. The Labute approximate surface area is 282 Å². The molecule has 0 aliphatic carbocycles. The molecule has 0 aliphatic heterocycles. The lowest BCUT2D eigenvalue weighted by molar-refractivity contribution is 1.08. The van der Waals surface area contributed by atoms with Gasteiger partial charge in [0.1, 0.15) is 0 Å². The van der Waals surface area contributed by atoms with E-state index >= 15 is 0 Å². The third-order valence-corrected chi connectivity index (χ3v) is 9.62. The molecule has 0 aliphatic rings. The van der Waals surface area contributed by atoms with E-state index in [1.165, 1.54) is 32.3 Å². The summed E-state index contributed by atoms with van der Waals surface area (Å²) >= 11 is 0. The molecule has 2 heterocycles. The summed E-state index contributed by atoms with van der Waals surface area (Å²) in [4.78, 5) is 15.5. The van der Waals surface area contributed by atoms with Gasteiger partial charge in [-0.2, -0.15) is 0 Å². The summed E-state index contributed by atoms with van der Waals surface area (Å²) in [6.07, 6.45) is 0. The van der Waals surface area contributed by atoms with Gasteiger partial charge in [-0.25, -0.2) is 15.0 Å². The van der Waals surface area contributed by atoms with E-state index in [2.05, 4.69) is 156 Å². The van der Waals surface area contributed by atoms with Crippen LogP contribution in [0.4, 0.5) is 0 Å². The minimum absolute atomic E-state index is 0.645. The Morgan fingerprint density at radius 1 is 0.327 bits per heavy atom. The van der Waals surface area contributed by atoms with Crippen LogP contribution in [0.3, 0.4) is 0 Å². The third-order valence-electron chi connectivity index (χ3n) is 9.62. The monoisotopic (exact) mass is 624 g/mol. The lowest BCUT2D eigenvalue weighted by atomic mass is 9.93. The topological polar surface area (TPSA) is 43.6 Å². The SMILES string of the molecule is c1ccc(-c2nc(-c3ccc4c5ccccc5c5ccccc5c4c3)nc(-c3cccc4c3c3ccccc3n4-c3ccccc3)n2)cc1. The van der Waals surface area contributed by atoms with Crippen LogP contribution < -0.4 is 0 Å². The molecule has 4 nitrogen and oxygen atoms in total. The van der Waals surface area contributed by atoms with E-state index in [1.807, 2.05) is 18.2 Å². The number of fused-ring (bicyclic) bond motifs is 9. The molecular weight excluding hydrogens is 597 g/mol. The minimum atomic E-state index is 0.645. The Morgan fingerprint density at radius 3 is 1.53 bits per heavy atom. The van der Waals surface area contributed by atoms with Crippen molar-refractivity contribution in [2.45, 2.75) is 0 Å². The molecule has 0 atom stereocenters. The van der Waals surface area contributed by atoms with E-state index < -0.39 is 0 Å². The quantitative estimate of drug-likeness (QED) is 0.183. The fourth-order valence-corrected chi connectivity index (χ4v) is 7.45. The Hall–Kier alpha value is -6.65. The van der Waals surface area contributed by atoms with Crippen molar-refractivity contribution in [3.05, 3.63) is 170 Å². The molecule has 0 fully saturated rings. The number of rotatable bonds is 4. The predicted octanol–water partition coefficient (Wildman–Crippen LogP) is 11.4. The molecule has 0 unspecified atom stereocenters. The van der Waals surface area contributed by atoms with Gasteiger partial charge >= 0.3 is 0 Å². The summed E-state index contributed by atoms with van der Waals surface area (Å²) in [5, 5.41) is 9.63. The second-order valence-corrected chi connectivity index (χ2v) is 12.4. The van der Waals surface area contributed by atoms with Gasteiger partial charge in [-0.05, 0) is 62.6 Å². The molecule has 0 saturated heterocycles. The van der Waals surface area contributed by atoms with Gasteiger partial charge in [0.15, 0.2) is 17.5 Å². The molecule has 10 rings (SSSR count). The Balaban J connectivity index is 1.26. The molecule has 228 valence electrons. The van der Waals surface area contributed by atoms with Crippen molar-refractivity contribution < 1.29 is 0 Å². The van der Waals surface area contributed by atoms with Crippen LogP contribution in [0, 0.1) is 0 Å². The van der Waals surface area contributed by atoms with Gasteiger partial charge in [-0.3, -0.25) is 0 Å². The summed E-state index contributed by atoms with van der Waals surface area (Å²) in [6.45, 7) is 0. The average Bonchev–Trinajstić information content (AvgIpc) is 3.53. The first-order valence-electron chi connectivity index (χ1n) is 16.5. The molecular formula is C45H28N4. The van der Waals surface area contributed by atoms with E-state index in [9.17, 15) is 0 Å². The standard InChI is InChI=1S/C45H28N4/c1-3-14-29(15-4-1)43-46-44(30-26-27-36-34-20-8-7-18-32(34)33-19-9-10-21-35(33)39(36)28-30)48-45(47-43)38-23-13-25-41-42(38)37-22-11-12-24-40(37)49(41)31-16-5-2-6-17-31/h1-28H. The van der Waals surface area contributed by atoms with Gasteiger partial charge in [0, 0.05) is 33.2 Å². The van der Waals surface area contributed by atoms with Gasteiger partial charge in [-0.1, -0.05) is 140 Å². The fraction of sp³-hybridized carbons (Fsp3) is 0. The smallest absolute Gasteiger partial charge is 0.164 e. The Bertz CT molecular complexity index is 2840. The summed E-state index contributed by atoms with van der Waals surface area (Å²) in [5.41, 5.74) is 6.24. The number of hydrogen-bond donors (Lipinski definition) is 0.